The standard InChI is InChI=1S/C19H20N2O3/c1-14-6-8-15(9-7-14)20-10-12-21(13-11-20)18(22)16-4-2-3-5-17(16)19(23)24/h2-9H,10-13H2,1H3,(H,23,24)/p-1. The van der Waals surface area contributed by atoms with Crippen LogP contribution >= 0.6 is 0 Å². The number of hydrogen-bond acceptors (Lipinski definition) is 4. The lowest BCUT2D eigenvalue weighted by atomic mass is 10.1. The highest BCUT2D eigenvalue weighted by atomic mass is 16.4. The molecule has 0 atom stereocenters. The summed E-state index contributed by atoms with van der Waals surface area (Å²) < 4.78 is 0. The summed E-state index contributed by atoms with van der Waals surface area (Å²) in [5.74, 6) is -1.57. The maximum atomic E-state index is 12.6. The number of benzene rings is 2. The van der Waals surface area contributed by atoms with Gasteiger partial charge in [-0.05, 0) is 25.1 Å². The average Bonchev–Trinajstić information content (AvgIpc) is 2.62. The van der Waals surface area contributed by atoms with E-state index >= 15 is 0 Å². The molecule has 0 aromatic heterocycles. The largest absolute Gasteiger partial charge is 0.545 e. The normalized spacial score (nSPS) is 14.5. The molecule has 0 aliphatic carbocycles. The lowest BCUT2D eigenvalue weighted by Gasteiger charge is -2.36. The molecule has 1 fully saturated rings. The molecule has 1 amide bonds. The zero-order valence-corrected chi connectivity index (χ0v) is 13.6. The van der Waals surface area contributed by atoms with Crippen LogP contribution in [-0.4, -0.2) is 43.0 Å². The predicted molar refractivity (Wildman–Crippen MR) is 90.1 cm³/mol. The Morgan fingerprint density at radius 1 is 0.875 bits per heavy atom. The molecule has 0 bridgehead atoms. The highest BCUT2D eigenvalue weighted by molar-refractivity contribution is 6.04. The van der Waals surface area contributed by atoms with Gasteiger partial charge in [-0.15, -0.1) is 0 Å². The van der Waals surface area contributed by atoms with Crippen molar-refractivity contribution in [3.05, 3.63) is 65.2 Å². The van der Waals surface area contributed by atoms with Crippen LogP contribution in [0.1, 0.15) is 26.3 Å². The van der Waals surface area contributed by atoms with E-state index in [4.69, 9.17) is 0 Å². The van der Waals surface area contributed by atoms with Crippen molar-refractivity contribution in [2.75, 3.05) is 31.1 Å². The molecule has 3 rings (SSSR count). The minimum atomic E-state index is -1.32. The van der Waals surface area contributed by atoms with Gasteiger partial charge in [-0.3, -0.25) is 4.79 Å². The zero-order chi connectivity index (χ0) is 17.1. The third kappa shape index (κ3) is 3.25. The Balaban J connectivity index is 1.69. The van der Waals surface area contributed by atoms with Crippen LogP contribution in [0.3, 0.4) is 0 Å². The highest BCUT2D eigenvalue weighted by Crippen LogP contribution is 2.19. The van der Waals surface area contributed by atoms with E-state index in [0.717, 1.165) is 18.8 Å². The van der Waals surface area contributed by atoms with Gasteiger partial charge in [0.15, 0.2) is 0 Å². The van der Waals surface area contributed by atoms with Gasteiger partial charge in [-0.25, -0.2) is 0 Å². The summed E-state index contributed by atoms with van der Waals surface area (Å²) in [4.78, 5) is 27.7. The highest BCUT2D eigenvalue weighted by Gasteiger charge is 2.23. The molecule has 1 aliphatic heterocycles. The molecular weight excluding hydrogens is 304 g/mol. The van der Waals surface area contributed by atoms with Crippen molar-refractivity contribution in [2.45, 2.75) is 6.92 Å². The van der Waals surface area contributed by atoms with E-state index in [1.807, 2.05) is 0 Å². The number of carbonyl (C=O) groups excluding carboxylic acids is 2. The molecule has 1 aliphatic rings. The van der Waals surface area contributed by atoms with Crippen molar-refractivity contribution in [2.24, 2.45) is 0 Å². The maximum Gasteiger partial charge on any atom is 0.254 e. The van der Waals surface area contributed by atoms with Crippen LogP contribution in [0.4, 0.5) is 5.69 Å². The number of amides is 1. The Hall–Kier alpha value is -2.82. The van der Waals surface area contributed by atoms with E-state index in [1.54, 1.807) is 23.1 Å². The Morgan fingerprint density at radius 2 is 1.46 bits per heavy atom. The van der Waals surface area contributed by atoms with E-state index in [1.165, 1.54) is 11.6 Å². The van der Waals surface area contributed by atoms with Crippen molar-refractivity contribution in [3.63, 3.8) is 0 Å². The average molecular weight is 323 g/mol. The Morgan fingerprint density at radius 3 is 2.04 bits per heavy atom. The fourth-order valence-electron chi connectivity index (χ4n) is 2.94. The summed E-state index contributed by atoms with van der Waals surface area (Å²) in [7, 11) is 0. The van der Waals surface area contributed by atoms with Gasteiger partial charge in [-0.1, -0.05) is 35.9 Å². The third-order valence-corrected chi connectivity index (χ3v) is 4.34. The molecule has 0 radical (unpaired) electrons. The van der Waals surface area contributed by atoms with Gasteiger partial charge in [0.25, 0.3) is 5.91 Å². The Bertz CT molecular complexity index is 747. The topological polar surface area (TPSA) is 63.7 Å². The Labute approximate surface area is 141 Å². The molecule has 0 spiro atoms. The number of nitrogens with zero attached hydrogens (tertiary/aromatic N) is 2. The molecule has 1 heterocycles. The number of carbonyl (C=O) groups is 2. The molecule has 5 heteroatoms. The van der Waals surface area contributed by atoms with Crippen LogP contribution in [0.2, 0.25) is 0 Å². The van der Waals surface area contributed by atoms with Gasteiger partial charge in [0, 0.05) is 43.0 Å². The van der Waals surface area contributed by atoms with Crippen LogP contribution in [0.15, 0.2) is 48.5 Å². The van der Waals surface area contributed by atoms with Crippen molar-refractivity contribution < 1.29 is 14.7 Å². The number of aromatic carboxylic acids is 1. The first kappa shape index (κ1) is 16.1. The summed E-state index contributed by atoms with van der Waals surface area (Å²) in [6, 6.07) is 14.5. The van der Waals surface area contributed by atoms with Gasteiger partial charge < -0.3 is 19.7 Å². The van der Waals surface area contributed by atoms with Crippen molar-refractivity contribution in [1.29, 1.82) is 0 Å². The molecule has 124 valence electrons. The molecule has 5 nitrogen and oxygen atoms in total. The monoisotopic (exact) mass is 323 g/mol. The maximum absolute atomic E-state index is 12.6. The molecule has 0 unspecified atom stereocenters. The number of aryl methyl sites for hydroxylation is 1. The number of piperazine rings is 1. The summed E-state index contributed by atoms with van der Waals surface area (Å²) in [6.07, 6.45) is 0. The van der Waals surface area contributed by atoms with Crippen molar-refractivity contribution in [3.8, 4) is 0 Å². The predicted octanol–water partition coefficient (Wildman–Crippen LogP) is 1.32. The van der Waals surface area contributed by atoms with Crippen LogP contribution in [-0.2, 0) is 0 Å². The van der Waals surface area contributed by atoms with E-state index in [2.05, 4.69) is 36.1 Å². The smallest absolute Gasteiger partial charge is 0.254 e. The fourth-order valence-corrected chi connectivity index (χ4v) is 2.94. The van der Waals surface area contributed by atoms with Crippen LogP contribution in [0, 0.1) is 6.92 Å². The summed E-state index contributed by atoms with van der Waals surface area (Å²) >= 11 is 0. The van der Waals surface area contributed by atoms with Gasteiger partial charge in [0.2, 0.25) is 0 Å². The van der Waals surface area contributed by atoms with Crippen molar-refractivity contribution in [1.82, 2.24) is 4.90 Å². The first-order chi connectivity index (χ1) is 11.6. The molecule has 0 N–H and O–H groups in total. The van der Waals surface area contributed by atoms with Crippen LogP contribution < -0.4 is 10.0 Å². The van der Waals surface area contributed by atoms with Gasteiger partial charge in [0.1, 0.15) is 0 Å². The first-order valence-electron chi connectivity index (χ1n) is 7.97. The summed E-state index contributed by atoms with van der Waals surface area (Å²) in [6.45, 7) is 4.63. The second-order valence-electron chi connectivity index (χ2n) is 5.95. The number of carboxylic acids is 1. The van der Waals surface area contributed by atoms with Crippen LogP contribution in [0.5, 0.6) is 0 Å². The van der Waals surface area contributed by atoms with E-state index in [-0.39, 0.29) is 17.0 Å². The van der Waals surface area contributed by atoms with E-state index < -0.39 is 5.97 Å². The molecule has 2 aromatic rings. The van der Waals surface area contributed by atoms with E-state index in [0.29, 0.717) is 13.1 Å². The minimum absolute atomic E-state index is 0.0523. The molecule has 24 heavy (non-hydrogen) atoms. The second-order valence-corrected chi connectivity index (χ2v) is 5.95. The summed E-state index contributed by atoms with van der Waals surface area (Å²) in [5.41, 5.74) is 2.50. The number of carboxylic acid groups (broad SMARTS) is 1. The number of anilines is 1. The second kappa shape index (κ2) is 6.74. The lowest BCUT2D eigenvalue weighted by molar-refractivity contribution is -0.255. The fraction of sp³-hybridized carbons (Fsp3) is 0.263. The Kier molecular flexibility index (Phi) is 4.51. The first-order valence-corrected chi connectivity index (χ1v) is 7.97. The van der Waals surface area contributed by atoms with Gasteiger partial charge in [0.05, 0.1) is 5.97 Å². The van der Waals surface area contributed by atoms with Crippen LogP contribution in [0.25, 0.3) is 0 Å². The molecule has 0 saturated carbocycles. The summed E-state index contributed by atoms with van der Waals surface area (Å²) in [5, 5.41) is 11.2. The molecule has 2 aromatic carbocycles. The molecule has 1 saturated heterocycles. The number of hydrogen-bond donors (Lipinski definition) is 0. The van der Waals surface area contributed by atoms with Crippen molar-refractivity contribution >= 4 is 17.6 Å². The van der Waals surface area contributed by atoms with E-state index in [9.17, 15) is 14.7 Å². The quantitative estimate of drug-likeness (QED) is 0.855. The van der Waals surface area contributed by atoms with Gasteiger partial charge >= 0.3 is 0 Å². The van der Waals surface area contributed by atoms with Gasteiger partial charge in [-0.2, -0.15) is 0 Å². The zero-order valence-electron chi connectivity index (χ0n) is 13.6. The lowest BCUT2D eigenvalue weighted by Crippen LogP contribution is -2.49. The number of rotatable bonds is 3. The third-order valence-electron chi connectivity index (χ3n) is 4.34. The molecular formula is C19H19N2O3-. The SMILES string of the molecule is Cc1ccc(N2CCN(C(=O)c3ccccc3C(=O)[O-])CC2)cc1. The minimum Gasteiger partial charge on any atom is -0.545 e.